The van der Waals surface area contributed by atoms with Crippen LogP contribution in [0.1, 0.15) is 11.1 Å². The third kappa shape index (κ3) is 4.74. The lowest BCUT2D eigenvalue weighted by molar-refractivity contribution is -0.114. The van der Waals surface area contributed by atoms with Gasteiger partial charge in [-0.15, -0.1) is 0 Å². The van der Waals surface area contributed by atoms with Gasteiger partial charge in [-0.3, -0.25) is 9.69 Å². The zero-order valence-corrected chi connectivity index (χ0v) is 13.7. The molecule has 0 saturated heterocycles. The van der Waals surface area contributed by atoms with Crippen LogP contribution < -0.4 is 4.90 Å². The average Bonchev–Trinajstić information content (AvgIpc) is 2.55. The summed E-state index contributed by atoms with van der Waals surface area (Å²) in [6.07, 6.45) is 7.19. The molecule has 2 rings (SSSR count). The van der Waals surface area contributed by atoms with E-state index in [9.17, 15) is 4.79 Å². The fourth-order valence-corrected chi connectivity index (χ4v) is 2.33. The van der Waals surface area contributed by atoms with Crippen LogP contribution in [-0.2, 0) is 4.79 Å². The van der Waals surface area contributed by atoms with Gasteiger partial charge < -0.3 is 0 Å². The summed E-state index contributed by atoms with van der Waals surface area (Å²) in [7, 11) is 0. The fourth-order valence-electron chi connectivity index (χ4n) is 1.97. The lowest BCUT2D eigenvalue weighted by atomic mass is 10.1. The minimum Gasteiger partial charge on any atom is -0.292 e. The highest BCUT2D eigenvalue weighted by Gasteiger charge is 2.13. The zero-order chi connectivity index (χ0) is 15.8. The summed E-state index contributed by atoms with van der Waals surface area (Å²) in [5, 5.41) is 0. The maximum atomic E-state index is 12.5. The second kappa shape index (κ2) is 8.39. The summed E-state index contributed by atoms with van der Waals surface area (Å²) < 4.78 is 0. The number of hydrogen-bond donors (Lipinski definition) is 0. The van der Waals surface area contributed by atoms with Gasteiger partial charge in [0.05, 0.1) is 0 Å². The molecule has 0 fully saturated rings. The molecule has 2 aromatic rings. The first-order valence-corrected chi connectivity index (χ1v) is 8.56. The van der Waals surface area contributed by atoms with Crippen LogP contribution in [0, 0.1) is 6.92 Å². The fraction of sp³-hybridized carbons (Fsp3) is 0.222. The van der Waals surface area contributed by atoms with Gasteiger partial charge >= 0.3 is 0 Å². The number of anilines is 1. The van der Waals surface area contributed by atoms with Crippen LogP contribution in [0.15, 0.2) is 54.7 Å². The first-order chi connectivity index (χ1) is 10.7. The minimum absolute atomic E-state index is 0.0478. The predicted octanol–water partition coefficient (Wildman–Crippen LogP) is 3.80. The Morgan fingerprint density at radius 1 is 1.23 bits per heavy atom. The number of aryl methyl sites for hydroxylation is 1. The van der Waals surface area contributed by atoms with Crippen molar-refractivity contribution in [2.24, 2.45) is 0 Å². The van der Waals surface area contributed by atoms with E-state index in [1.54, 1.807) is 28.9 Å². The first-order valence-electron chi connectivity index (χ1n) is 7.17. The standard InChI is InChI=1S/C18H20N2OS/c1-15-6-8-16(9-7-15)10-11-18(21)20(13-14-22-2)17-5-3-4-12-19-17/h3-12H,13-14H2,1-2H3/b11-10+. The highest BCUT2D eigenvalue weighted by Crippen LogP contribution is 2.12. The van der Waals surface area contributed by atoms with Crippen molar-refractivity contribution >= 4 is 29.6 Å². The number of aromatic nitrogens is 1. The molecule has 0 unspecified atom stereocenters. The van der Waals surface area contributed by atoms with Gasteiger partial charge in [0.2, 0.25) is 0 Å². The van der Waals surface area contributed by atoms with Gasteiger partial charge in [0, 0.05) is 24.6 Å². The van der Waals surface area contributed by atoms with Crippen LogP contribution in [0.4, 0.5) is 5.82 Å². The molecular formula is C18H20N2OS. The second-order valence-corrected chi connectivity index (χ2v) is 5.90. The number of carbonyl (C=O) groups excluding carboxylic acids is 1. The molecule has 3 nitrogen and oxygen atoms in total. The number of nitrogens with zero attached hydrogens (tertiary/aromatic N) is 2. The van der Waals surface area contributed by atoms with Gasteiger partial charge in [0.15, 0.2) is 0 Å². The molecule has 0 aliphatic rings. The highest BCUT2D eigenvalue weighted by molar-refractivity contribution is 7.98. The molecule has 0 spiro atoms. The molecule has 1 amide bonds. The van der Waals surface area contributed by atoms with Gasteiger partial charge in [0.25, 0.3) is 5.91 Å². The van der Waals surface area contributed by atoms with Crippen molar-refractivity contribution in [3.8, 4) is 0 Å². The maximum absolute atomic E-state index is 12.5. The van der Waals surface area contributed by atoms with E-state index in [4.69, 9.17) is 0 Å². The number of carbonyl (C=O) groups is 1. The van der Waals surface area contributed by atoms with Crippen molar-refractivity contribution in [3.05, 3.63) is 65.9 Å². The van der Waals surface area contributed by atoms with E-state index in [1.165, 1.54) is 5.56 Å². The number of thioether (sulfide) groups is 1. The van der Waals surface area contributed by atoms with Crippen LogP contribution in [0.25, 0.3) is 6.08 Å². The van der Waals surface area contributed by atoms with Crippen molar-refractivity contribution in [2.45, 2.75) is 6.92 Å². The summed E-state index contributed by atoms with van der Waals surface area (Å²) in [4.78, 5) is 18.5. The number of rotatable bonds is 6. The molecule has 0 aliphatic heterocycles. The van der Waals surface area contributed by atoms with E-state index in [0.29, 0.717) is 12.4 Å². The van der Waals surface area contributed by atoms with E-state index in [0.717, 1.165) is 11.3 Å². The lowest BCUT2D eigenvalue weighted by Crippen LogP contribution is -2.32. The summed E-state index contributed by atoms with van der Waals surface area (Å²) in [5.74, 6) is 1.52. The van der Waals surface area contributed by atoms with E-state index in [2.05, 4.69) is 4.98 Å². The van der Waals surface area contributed by atoms with Gasteiger partial charge in [-0.05, 0) is 37.0 Å². The Hall–Kier alpha value is -2.07. The monoisotopic (exact) mass is 312 g/mol. The van der Waals surface area contributed by atoms with Crippen LogP contribution in [0.3, 0.4) is 0 Å². The van der Waals surface area contributed by atoms with Crippen molar-refractivity contribution in [2.75, 3.05) is 23.5 Å². The Bertz CT molecular complexity index is 623. The molecule has 0 atom stereocenters. The van der Waals surface area contributed by atoms with E-state index in [1.807, 2.05) is 61.7 Å². The SMILES string of the molecule is CSCCN(C(=O)/C=C/c1ccc(C)cc1)c1ccccn1. The Kier molecular flexibility index (Phi) is 6.22. The Morgan fingerprint density at radius 3 is 2.64 bits per heavy atom. The highest BCUT2D eigenvalue weighted by atomic mass is 32.2. The molecule has 1 heterocycles. The molecule has 4 heteroatoms. The third-order valence-corrected chi connectivity index (χ3v) is 3.80. The smallest absolute Gasteiger partial charge is 0.252 e. The molecule has 1 aromatic heterocycles. The summed E-state index contributed by atoms with van der Waals surface area (Å²) in [5.41, 5.74) is 2.23. The topological polar surface area (TPSA) is 33.2 Å². The van der Waals surface area contributed by atoms with E-state index in [-0.39, 0.29) is 5.91 Å². The van der Waals surface area contributed by atoms with Gasteiger partial charge in [-0.25, -0.2) is 4.98 Å². The van der Waals surface area contributed by atoms with E-state index >= 15 is 0 Å². The summed E-state index contributed by atoms with van der Waals surface area (Å²) in [6, 6.07) is 13.7. The molecule has 1 aromatic carbocycles. The van der Waals surface area contributed by atoms with Crippen LogP contribution in [0.2, 0.25) is 0 Å². The zero-order valence-electron chi connectivity index (χ0n) is 12.9. The molecule has 0 bridgehead atoms. The summed E-state index contributed by atoms with van der Waals surface area (Å²) >= 11 is 1.71. The summed E-state index contributed by atoms with van der Waals surface area (Å²) in [6.45, 7) is 2.69. The van der Waals surface area contributed by atoms with Gasteiger partial charge in [0.1, 0.15) is 5.82 Å². The quantitative estimate of drug-likeness (QED) is 0.761. The predicted molar refractivity (Wildman–Crippen MR) is 95.2 cm³/mol. The average molecular weight is 312 g/mol. The van der Waals surface area contributed by atoms with Gasteiger partial charge in [-0.1, -0.05) is 35.9 Å². The Labute approximate surface area is 136 Å². The molecule has 0 saturated carbocycles. The molecule has 0 aliphatic carbocycles. The number of pyridine rings is 1. The maximum Gasteiger partial charge on any atom is 0.252 e. The molecule has 0 N–H and O–H groups in total. The van der Waals surface area contributed by atoms with Gasteiger partial charge in [-0.2, -0.15) is 11.8 Å². The van der Waals surface area contributed by atoms with Crippen molar-refractivity contribution < 1.29 is 4.79 Å². The molecule has 0 radical (unpaired) electrons. The van der Waals surface area contributed by atoms with Crippen molar-refractivity contribution in [3.63, 3.8) is 0 Å². The first kappa shape index (κ1) is 16.3. The van der Waals surface area contributed by atoms with E-state index < -0.39 is 0 Å². The Morgan fingerprint density at radius 2 is 2.00 bits per heavy atom. The largest absolute Gasteiger partial charge is 0.292 e. The third-order valence-electron chi connectivity index (χ3n) is 3.21. The lowest BCUT2D eigenvalue weighted by Gasteiger charge is -2.19. The van der Waals surface area contributed by atoms with Crippen LogP contribution in [-0.4, -0.2) is 29.4 Å². The van der Waals surface area contributed by atoms with Crippen molar-refractivity contribution in [1.29, 1.82) is 0 Å². The van der Waals surface area contributed by atoms with Crippen molar-refractivity contribution in [1.82, 2.24) is 4.98 Å². The number of hydrogen-bond acceptors (Lipinski definition) is 3. The second-order valence-electron chi connectivity index (χ2n) is 4.91. The number of amides is 1. The molecular weight excluding hydrogens is 292 g/mol. The van der Waals surface area contributed by atoms with Crippen LogP contribution >= 0.6 is 11.8 Å². The number of benzene rings is 1. The molecule has 22 heavy (non-hydrogen) atoms. The Balaban J connectivity index is 2.13. The van der Waals surface area contributed by atoms with Crippen LogP contribution in [0.5, 0.6) is 0 Å². The molecule has 114 valence electrons. The minimum atomic E-state index is -0.0478. The normalized spacial score (nSPS) is 10.8.